The summed E-state index contributed by atoms with van der Waals surface area (Å²) < 4.78 is 0. The van der Waals surface area contributed by atoms with Crippen LogP contribution < -0.4 is 0 Å². The van der Waals surface area contributed by atoms with Gasteiger partial charge in [-0.15, -0.1) is 0 Å². The number of ketones is 1. The molecule has 0 aromatic heterocycles. The Bertz CT molecular complexity index is 458. The lowest BCUT2D eigenvalue weighted by Crippen LogP contribution is -2.00. The summed E-state index contributed by atoms with van der Waals surface area (Å²) in [6, 6.07) is 9.33. The van der Waals surface area contributed by atoms with Gasteiger partial charge in [0.2, 0.25) is 0 Å². The van der Waals surface area contributed by atoms with Crippen LogP contribution in [0.4, 0.5) is 0 Å². The summed E-state index contributed by atoms with van der Waals surface area (Å²) in [4.78, 5) is 12.2. The van der Waals surface area contributed by atoms with E-state index >= 15 is 0 Å². The smallest absolute Gasteiger partial charge is 0.193 e. The van der Waals surface area contributed by atoms with Gasteiger partial charge in [-0.1, -0.05) is 60.2 Å². The van der Waals surface area contributed by atoms with Crippen molar-refractivity contribution in [3.05, 3.63) is 71.3 Å². The lowest BCUT2D eigenvalue weighted by molar-refractivity contribution is 0.103. The Morgan fingerprint density at radius 1 is 1.06 bits per heavy atom. The highest BCUT2D eigenvalue weighted by atomic mass is 16.1. The first-order chi connectivity index (χ1) is 8.15. The van der Waals surface area contributed by atoms with E-state index in [0.29, 0.717) is 5.57 Å². The molecule has 88 valence electrons. The molecule has 1 rings (SSSR count). The van der Waals surface area contributed by atoms with E-state index in [4.69, 9.17) is 0 Å². The summed E-state index contributed by atoms with van der Waals surface area (Å²) in [7, 11) is 0. The third kappa shape index (κ3) is 4.23. The second kappa shape index (κ2) is 6.64. The summed E-state index contributed by atoms with van der Waals surface area (Å²) in [6.07, 6.45) is 7.54. The van der Waals surface area contributed by atoms with Crippen molar-refractivity contribution in [2.75, 3.05) is 0 Å². The molecule has 0 saturated carbocycles. The molecule has 0 radical (unpaired) electrons. The van der Waals surface area contributed by atoms with Crippen molar-refractivity contribution in [3.63, 3.8) is 0 Å². The van der Waals surface area contributed by atoms with Gasteiger partial charge in [-0.05, 0) is 20.8 Å². The zero-order valence-electron chi connectivity index (χ0n) is 10.6. The first kappa shape index (κ1) is 13.2. The molecule has 1 nitrogen and oxygen atoms in total. The Labute approximate surface area is 103 Å². The van der Waals surface area contributed by atoms with Crippen LogP contribution >= 0.6 is 0 Å². The molecule has 1 aromatic rings. The molecule has 0 amide bonds. The molecule has 0 fully saturated rings. The number of Topliss-reactive ketones (excluding diaryl/α,β-unsaturated/α-hetero) is 1. The van der Waals surface area contributed by atoms with Gasteiger partial charge in [0.15, 0.2) is 5.78 Å². The molecule has 0 heterocycles. The lowest BCUT2D eigenvalue weighted by Gasteiger charge is -2.01. The van der Waals surface area contributed by atoms with E-state index in [2.05, 4.69) is 0 Å². The maximum absolute atomic E-state index is 12.2. The first-order valence-electron chi connectivity index (χ1n) is 5.72. The van der Waals surface area contributed by atoms with Gasteiger partial charge in [0, 0.05) is 11.1 Å². The first-order valence-corrected chi connectivity index (χ1v) is 5.72. The molecule has 0 aliphatic carbocycles. The third-order valence-corrected chi connectivity index (χ3v) is 2.24. The standard InChI is InChI=1S/C16H18O/c1-4-8-14(12-11-13(2)3)16(17)15-9-6-5-7-10-15/h4-12H,1-3H3/b8-4-,14-12+. The minimum Gasteiger partial charge on any atom is -0.289 e. The minimum atomic E-state index is 0.0567. The Morgan fingerprint density at radius 3 is 2.24 bits per heavy atom. The highest BCUT2D eigenvalue weighted by Crippen LogP contribution is 2.10. The number of carbonyl (C=O) groups is 1. The maximum Gasteiger partial charge on any atom is 0.193 e. The van der Waals surface area contributed by atoms with Gasteiger partial charge >= 0.3 is 0 Å². The Hall–Kier alpha value is -1.89. The van der Waals surface area contributed by atoms with E-state index in [1.807, 2.05) is 75.4 Å². The Morgan fingerprint density at radius 2 is 1.71 bits per heavy atom. The number of carbonyl (C=O) groups excluding carboxylic acids is 1. The van der Waals surface area contributed by atoms with E-state index in [1.165, 1.54) is 5.57 Å². The fourth-order valence-corrected chi connectivity index (χ4v) is 1.40. The molecule has 17 heavy (non-hydrogen) atoms. The number of allylic oxidation sites excluding steroid dienone is 6. The fourth-order valence-electron chi connectivity index (χ4n) is 1.40. The van der Waals surface area contributed by atoms with Gasteiger partial charge in [-0.25, -0.2) is 0 Å². The summed E-state index contributed by atoms with van der Waals surface area (Å²) in [5.41, 5.74) is 2.60. The van der Waals surface area contributed by atoms with Crippen LogP contribution in [0.2, 0.25) is 0 Å². The highest BCUT2D eigenvalue weighted by Gasteiger charge is 2.07. The van der Waals surface area contributed by atoms with Crippen LogP contribution in [-0.4, -0.2) is 5.78 Å². The Balaban J connectivity index is 3.05. The third-order valence-electron chi connectivity index (χ3n) is 2.24. The van der Waals surface area contributed by atoms with Crippen LogP contribution in [0.25, 0.3) is 0 Å². The molecule has 0 spiro atoms. The zero-order valence-corrected chi connectivity index (χ0v) is 10.6. The van der Waals surface area contributed by atoms with Crippen LogP contribution in [-0.2, 0) is 0 Å². The van der Waals surface area contributed by atoms with Gasteiger partial charge in [0.1, 0.15) is 0 Å². The average Bonchev–Trinajstić information content (AvgIpc) is 2.34. The molecule has 0 bridgehead atoms. The van der Waals surface area contributed by atoms with E-state index < -0.39 is 0 Å². The van der Waals surface area contributed by atoms with Crippen molar-refractivity contribution >= 4 is 5.78 Å². The van der Waals surface area contributed by atoms with Gasteiger partial charge in [-0.2, -0.15) is 0 Å². The Kier molecular flexibility index (Phi) is 5.15. The van der Waals surface area contributed by atoms with Gasteiger partial charge in [0.05, 0.1) is 0 Å². The molecule has 1 aromatic carbocycles. The largest absolute Gasteiger partial charge is 0.289 e. The van der Waals surface area contributed by atoms with Crippen molar-refractivity contribution < 1.29 is 4.79 Å². The molecule has 0 N–H and O–H groups in total. The monoisotopic (exact) mass is 226 g/mol. The quantitative estimate of drug-likeness (QED) is 0.424. The number of hydrogen-bond acceptors (Lipinski definition) is 1. The van der Waals surface area contributed by atoms with Gasteiger partial charge in [-0.3, -0.25) is 4.79 Å². The molecule has 1 heteroatoms. The summed E-state index contributed by atoms with van der Waals surface area (Å²) in [5.74, 6) is 0.0567. The molecule has 0 aliphatic heterocycles. The maximum atomic E-state index is 12.2. The fraction of sp³-hybridized carbons (Fsp3) is 0.188. The summed E-state index contributed by atoms with van der Waals surface area (Å²) in [5, 5.41) is 0. The number of hydrogen-bond donors (Lipinski definition) is 0. The van der Waals surface area contributed by atoms with Crippen LogP contribution in [0.1, 0.15) is 31.1 Å². The van der Waals surface area contributed by atoms with Crippen molar-refractivity contribution in [2.45, 2.75) is 20.8 Å². The SMILES string of the molecule is C/C=C\C(=C/C=C(C)C)C(=O)c1ccccc1. The van der Waals surface area contributed by atoms with Crippen molar-refractivity contribution in [3.8, 4) is 0 Å². The molecular formula is C16H18O. The van der Waals surface area contributed by atoms with E-state index in [0.717, 1.165) is 5.56 Å². The number of benzene rings is 1. The molecule has 0 aliphatic rings. The zero-order chi connectivity index (χ0) is 12.7. The van der Waals surface area contributed by atoms with Gasteiger partial charge < -0.3 is 0 Å². The predicted octanol–water partition coefficient (Wildman–Crippen LogP) is 4.34. The number of rotatable bonds is 4. The van der Waals surface area contributed by atoms with Gasteiger partial charge in [0.25, 0.3) is 0 Å². The minimum absolute atomic E-state index is 0.0567. The topological polar surface area (TPSA) is 17.1 Å². The van der Waals surface area contributed by atoms with Crippen LogP contribution in [0.5, 0.6) is 0 Å². The van der Waals surface area contributed by atoms with Crippen molar-refractivity contribution in [1.29, 1.82) is 0 Å². The van der Waals surface area contributed by atoms with Crippen molar-refractivity contribution in [2.24, 2.45) is 0 Å². The van der Waals surface area contributed by atoms with E-state index in [-0.39, 0.29) is 5.78 Å². The highest BCUT2D eigenvalue weighted by molar-refractivity contribution is 6.10. The van der Waals surface area contributed by atoms with E-state index in [1.54, 1.807) is 0 Å². The van der Waals surface area contributed by atoms with Crippen LogP contribution in [0.3, 0.4) is 0 Å². The molecular weight excluding hydrogens is 208 g/mol. The van der Waals surface area contributed by atoms with Crippen LogP contribution in [0.15, 0.2) is 65.8 Å². The van der Waals surface area contributed by atoms with E-state index in [9.17, 15) is 4.79 Å². The second-order valence-electron chi connectivity index (χ2n) is 4.06. The molecule has 0 unspecified atom stereocenters. The average molecular weight is 226 g/mol. The van der Waals surface area contributed by atoms with Crippen LogP contribution in [0, 0.1) is 0 Å². The summed E-state index contributed by atoms with van der Waals surface area (Å²) >= 11 is 0. The predicted molar refractivity (Wildman–Crippen MR) is 73.1 cm³/mol. The molecule has 0 atom stereocenters. The van der Waals surface area contributed by atoms with Crippen molar-refractivity contribution in [1.82, 2.24) is 0 Å². The lowest BCUT2D eigenvalue weighted by atomic mass is 10.0. The normalized spacial score (nSPS) is 11.6. The summed E-state index contributed by atoms with van der Waals surface area (Å²) in [6.45, 7) is 5.93. The molecule has 0 saturated heterocycles. The second-order valence-corrected chi connectivity index (χ2v) is 4.06.